The number of amidine groups is 1. The molecule has 1 rings (SSSR count). The predicted octanol–water partition coefficient (Wildman–Crippen LogP) is 0.724. The third-order valence-electron chi connectivity index (χ3n) is 2.57. The molecule has 1 aliphatic heterocycles. The van der Waals surface area contributed by atoms with Gasteiger partial charge in [-0.15, -0.1) is 0 Å². The van der Waals surface area contributed by atoms with Crippen molar-refractivity contribution >= 4 is 23.5 Å². The molecule has 0 aliphatic carbocycles. The van der Waals surface area contributed by atoms with Crippen LogP contribution in [-0.2, 0) is 4.79 Å². The molecule has 0 aromatic rings. The van der Waals surface area contributed by atoms with Crippen LogP contribution in [0.1, 0.15) is 19.8 Å². The molecule has 1 amide bonds. The van der Waals surface area contributed by atoms with E-state index in [2.05, 4.69) is 5.16 Å². The minimum atomic E-state index is 0.0902. The average molecular weight is 245 g/mol. The van der Waals surface area contributed by atoms with Crippen LogP contribution < -0.4 is 5.73 Å². The topological polar surface area (TPSA) is 78.9 Å². The Balaban J connectivity index is 2.57. The summed E-state index contributed by atoms with van der Waals surface area (Å²) in [5.74, 6) is 2.30. The molecule has 0 saturated carbocycles. The second-order valence-electron chi connectivity index (χ2n) is 3.91. The lowest BCUT2D eigenvalue weighted by Gasteiger charge is -2.24. The molecule has 0 aromatic carbocycles. The van der Waals surface area contributed by atoms with Crippen molar-refractivity contribution in [3.05, 3.63) is 0 Å². The molecule has 1 fully saturated rings. The molecule has 1 saturated heterocycles. The normalized spacial score (nSPS) is 21.1. The van der Waals surface area contributed by atoms with Crippen LogP contribution in [0.25, 0.3) is 0 Å². The number of thioether (sulfide) groups is 1. The molecule has 92 valence electrons. The second-order valence-corrected chi connectivity index (χ2v) is 5.06. The van der Waals surface area contributed by atoms with E-state index >= 15 is 0 Å². The van der Waals surface area contributed by atoms with Gasteiger partial charge < -0.3 is 15.8 Å². The van der Waals surface area contributed by atoms with E-state index in [1.165, 1.54) is 0 Å². The first kappa shape index (κ1) is 13.2. The lowest BCUT2D eigenvalue weighted by atomic mass is 10.1. The molecule has 1 aliphatic rings. The Morgan fingerprint density at radius 2 is 2.44 bits per heavy atom. The van der Waals surface area contributed by atoms with Crippen molar-refractivity contribution in [3.8, 4) is 0 Å². The molecule has 0 bridgehead atoms. The van der Waals surface area contributed by atoms with Crippen molar-refractivity contribution in [3.63, 3.8) is 0 Å². The van der Waals surface area contributed by atoms with E-state index in [0.717, 1.165) is 24.3 Å². The van der Waals surface area contributed by atoms with Gasteiger partial charge >= 0.3 is 0 Å². The summed E-state index contributed by atoms with van der Waals surface area (Å²) in [6.45, 7) is 2.90. The molecule has 1 unspecified atom stereocenters. The maximum atomic E-state index is 12.1. The Bertz CT molecular complexity index is 265. The minimum Gasteiger partial charge on any atom is -0.409 e. The highest BCUT2D eigenvalue weighted by Gasteiger charge is 2.27. The van der Waals surface area contributed by atoms with Crippen LogP contribution in [0.5, 0.6) is 0 Å². The maximum Gasteiger partial charge on any atom is 0.226 e. The van der Waals surface area contributed by atoms with Crippen LogP contribution in [0.4, 0.5) is 0 Å². The SMILES string of the molecule is CCCN(CC(N)=NO)C(=O)C1CCSC1. The molecular formula is C10H19N3O2S. The quantitative estimate of drug-likeness (QED) is 0.324. The molecule has 0 aromatic heterocycles. The highest BCUT2D eigenvalue weighted by atomic mass is 32.2. The van der Waals surface area contributed by atoms with Crippen molar-refractivity contribution in [2.75, 3.05) is 24.6 Å². The second kappa shape index (κ2) is 6.62. The lowest BCUT2D eigenvalue weighted by Crippen LogP contribution is -2.42. The summed E-state index contributed by atoms with van der Waals surface area (Å²) in [6.07, 6.45) is 1.82. The summed E-state index contributed by atoms with van der Waals surface area (Å²) in [4.78, 5) is 13.8. The van der Waals surface area contributed by atoms with E-state index in [9.17, 15) is 4.79 Å². The number of nitrogens with zero attached hydrogens (tertiary/aromatic N) is 2. The summed E-state index contributed by atoms with van der Waals surface area (Å²) in [5.41, 5.74) is 5.44. The largest absolute Gasteiger partial charge is 0.409 e. The molecule has 16 heavy (non-hydrogen) atoms. The first-order chi connectivity index (χ1) is 7.69. The van der Waals surface area contributed by atoms with Gasteiger partial charge in [-0.25, -0.2) is 0 Å². The Morgan fingerprint density at radius 3 is 2.94 bits per heavy atom. The molecule has 1 atom stereocenters. The number of rotatable bonds is 5. The highest BCUT2D eigenvalue weighted by molar-refractivity contribution is 7.99. The fraction of sp³-hybridized carbons (Fsp3) is 0.800. The number of hydrogen-bond acceptors (Lipinski definition) is 4. The van der Waals surface area contributed by atoms with Gasteiger partial charge in [-0.05, 0) is 18.6 Å². The van der Waals surface area contributed by atoms with Crippen molar-refractivity contribution in [1.82, 2.24) is 4.90 Å². The fourth-order valence-electron chi connectivity index (χ4n) is 1.75. The number of amides is 1. The third-order valence-corrected chi connectivity index (χ3v) is 3.73. The summed E-state index contributed by atoms with van der Waals surface area (Å²) < 4.78 is 0. The molecule has 1 heterocycles. The monoisotopic (exact) mass is 245 g/mol. The first-order valence-electron chi connectivity index (χ1n) is 5.52. The van der Waals surface area contributed by atoms with E-state index in [1.807, 2.05) is 18.7 Å². The average Bonchev–Trinajstić information content (AvgIpc) is 2.80. The van der Waals surface area contributed by atoms with Gasteiger partial charge in [0.1, 0.15) is 0 Å². The van der Waals surface area contributed by atoms with E-state index in [1.54, 1.807) is 4.90 Å². The van der Waals surface area contributed by atoms with Crippen LogP contribution >= 0.6 is 11.8 Å². The lowest BCUT2D eigenvalue weighted by molar-refractivity contribution is -0.134. The summed E-state index contributed by atoms with van der Waals surface area (Å²) in [7, 11) is 0. The van der Waals surface area contributed by atoms with Gasteiger partial charge in [-0.3, -0.25) is 4.79 Å². The molecule has 6 heteroatoms. The Kier molecular flexibility index (Phi) is 5.45. The molecule has 0 spiro atoms. The van der Waals surface area contributed by atoms with Crippen LogP contribution in [0.2, 0.25) is 0 Å². The first-order valence-corrected chi connectivity index (χ1v) is 6.67. The standard InChI is InChI=1S/C10H19N3O2S/c1-2-4-13(6-9(11)12-15)10(14)8-3-5-16-7-8/h8,15H,2-7H2,1H3,(H2,11,12). The Hall–Kier alpha value is -0.910. The smallest absolute Gasteiger partial charge is 0.226 e. The minimum absolute atomic E-state index is 0.0902. The van der Waals surface area contributed by atoms with Crippen LogP contribution in [-0.4, -0.2) is 46.4 Å². The highest BCUT2D eigenvalue weighted by Crippen LogP contribution is 2.25. The van der Waals surface area contributed by atoms with Gasteiger partial charge in [-0.2, -0.15) is 11.8 Å². The molecule has 0 radical (unpaired) electrons. The van der Waals surface area contributed by atoms with Crippen LogP contribution in [0.15, 0.2) is 5.16 Å². The van der Waals surface area contributed by atoms with E-state index < -0.39 is 0 Å². The summed E-state index contributed by atoms with van der Waals surface area (Å²) in [6, 6.07) is 0. The zero-order valence-electron chi connectivity index (χ0n) is 9.56. The van der Waals surface area contributed by atoms with Crippen LogP contribution in [0, 0.1) is 5.92 Å². The van der Waals surface area contributed by atoms with Gasteiger partial charge in [0.15, 0.2) is 5.84 Å². The molecule has 3 N–H and O–H groups in total. The van der Waals surface area contributed by atoms with E-state index in [-0.39, 0.29) is 24.2 Å². The zero-order chi connectivity index (χ0) is 12.0. The van der Waals surface area contributed by atoms with Crippen LogP contribution in [0.3, 0.4) is 0 Å². The summed E-state index contributed by atoms with van der Waals surface area (Å²) >= 11 is 1.81. The number of hydrogen-bond donors (Lipinski definition) is 2. The number of oxime groups is 1. The van der Waals surface area contributed by atoms with Gasteiger partial charge in [0, 0.05) is 18.2 Å². The van der Waals surface area contributed by atoms with Crippen molar-refractivity contribution in [2.24, 2.45) is 16.8 Å². The summed E-state index contributed by atoms with van der Waals surface area (Å²) in [5, 5.41) is 11.4. The van der Waals surface area contributed by atoms with Crippen molar-refractivity contribution in [2.45, 2.75) is 19.8 Å². The predicted molar refractivity (Wildman–Crippen MR) is 65.7 cm³/mol. The maximum absolute atomic E-state index is 12.1. The van der Waals surface area contributed by atoms with Gasteiger partial charge in [0.2, 0.25) is 5.91 Å². The number of nitrogens with two attached hydrogens (primary N) is 1. The fourth-order valence-corrected chi connectivity index (χ4v) is 2.96. The van der Waals surface area contributed by atoms with E-state index in [0.29, 0.717) is 6.54 Å². The van der Waals surface area contributed by atoms with Gasteiger partial charge in [0.25, 0.3) is 0 Å². The number of carbonyl (C=O) groups excluding carboxylic acids is 1. The zero-order valence-corrected chi connectivity index (χ0v) is 10.4. The molecule has 5 nitrogen and oxygen atoms in total. The van der Waals surface area contributed by atoms with Crippen molar-refractivity contribution in [1.29, 1.82) is 0 Å². The Labute approximate surface area is 100 Å². The molecular weight excluding hydrogens is 226 g/mol. The van der Waals surface area contributed by atoms with Gasteiger partial charge in [-0.1, -0.05) is 12.1 Å². The van der Waals surface area contributed by atoms with Crippen molar-refractivity contribution < 1.29 is 10.0 Å². The Morgan fingerprint density at radius 1 is 1.69 bits per heavy atom. The number of carbonyl (C=O) groups is 1. The van der Waals surface area contributed by atoms with E-state index in [4.69, 9.17) is 10.9 Å². The van der Waals surface area contributed by atoms with Gasteiger partial charge in [0.05, 0.1) is 6.54 Å². The third kappa shape index (κ3) is 3.59.